The monoisotopic (exact) mass is 615 g/mol. The van der Waals surface area contributed by atoms with E-state index in [0.717, 1.165) is 56.0 Å². The SMILES string of the molecule is CC(NS(=O)(=O)c1ccc(-c2sc(C(=O)NC3CCOCC3)nc2CC2CCCCC2)cc1C(C)(C)C)C(F)(F)F. The average Bonchev–Trinajstić information content (AvgIpc) is 3.32. The highest BCUT2D eigenvalue weighted by molar-refractivity contribution is 7.89. The molecule has 0 radical (unpaired) electrons. The molecule has 2 N–H and O–H groups in total. The lowest BCUT2D eigenvalue weighted by molar-refractivity contribution is -0.147. The maximum atomic E-state index is 13.2. The molecule has 1 saturated heterocycles. The number of thiazole rings is 1. The molecule has 41 heavy (non-hydrogen) atoms. The molecule has 0 spiro atoms. The first-order valence-corrected chi connectivity index (χ1v) is 16.6. The van der Waals surface area contributed by atoms with Gasteiger partial charge in [-0.15, -0.1) is 11.3 Å². The van der Waals surface area contributed by atoms with E-state index in [1.54, 1.807) is 16.9 Å². The van der Waals surface area contributed by atoms with Crippen LogP contribution in [0.4, 0.5) is 13.2 Å². The number of aromatic nitrogens is 1. The molecule has 2 fully saturated rings. The maximum absolute atomic E-state index is 13.2. The van der Waals surface area contributed by atoms with Crippen molar-refractivity contribution in [1.29, 1.82) is 0 Å². The fourth-order valence-corrected chi connectivity index (χ4v) is 8.04. The van der Waals surface area contributed by atoms with Gasteiger partial charge in [-0.2, -0.15) is 17.9 Å². The molecule has 1 aromatic heterocycles. The van der Waals surface area contributed by atoms with E-state index >= 15 is 0 Å². The van der Waals surface area contributed by atoms with Gasteiger partial charge in [0, 0.05) is 19.3 Å². The number of hydrogen-bond acceptors (Lipinski definition) is 6. The van der Waals surface area contributed by atoms with Gasteiger partial charge in [0.05, 0.1) is 15.5 Å². The van der Waals surface area contributed by atoms with Crippen LogP contribution in [-0.2, 0) is 26.6 Å². The van der Waals surface area contributed by atoms with Gasteiger partial charge in [0.15, 0.2) is 5.01 Å². The van der Waals surface area contributed by atoms with Crippen LogP contribution < -0.4 is 10.0 Å². The molecule has 228 valence electrons. The summed E-state index contributed by atoms with van der Waals surface area (Å²) in [5, 5.41) is 3.43. The summed E-state index contributed by atoms with van der Waals surface area (Å²) < 4.78 is 73.0. The van der Waals surface area contributed by atoms with Crippen LogP contribution in [0.1, 0.15) is 93.7 Å². The number of halogens is 3. The van der Waals surface area contributed by atoms with Crippen molar-refractivity contribution < 1.29 is 31.1 Å². The van der Waals surface area contributed by atoms with Gasteiger partial charge < -0.3 is 10.1 Å². The second-order valence-electron chi connectivity index (χ2n) is 12.2. The molecule has 2 aromatic rings. The number of amides is 1. The standard InChI is InChI=1S/C29H40F3N3O4S2/c1-18(29(30,31)32)35-41(37,38)24-11-10-20(17-22(24)28(2,3)4)25-23(16-19-8-6-5-7-9-19)34-27(40-25)26(36)33-21-12-14-39-15-13-21/h10-11,17-19,21,35H,5-9,12-16H2,1-4H3,(H,33,36). The Morgan fingerprint density at radius 2 is 1.76 bits per heavy atom. The van der Waals surface area contributed by atoms with E-state index in [1.807, 2.05) is 20.8 Å². The number of hydrogen-bond donors (Lipinski definition) is 2. The molecule has 0 bridgehead atoms. The summed E-state index contributed by atoms with van der Waals surface area (Å²) in [4.78, 5) is 18.6. The Labute approximate surface area is 244 Å². The quantitative estimate of drug-likeness (QED) is 0.360. The molecule has 4 rings (SSSR count). The van der Waals surface area contributed by atoms with Crippen LogP contribution in [0.3, 0.4) is 0 Å². The van der Waals surface area contributed by atoms with Crippen molar-refractivity contribution in [2.75, 3.05) is 13.2 Å². The number of nitrogens with one attached hydrogen (secondary N) is 2. The van der Waals surface area contributed by atoms with E-state index in [0.29, 0.717) is 41.7 Å². The van der Waals surface area contributed by atoms with E-state index in [4.69, 9.17) is 9.72 Å². The lowest BCUT2D eigenvalue weighted by atomic mass is 9.84. The van der Waals surface area contributed by atoms with Gasteiger partial charge >= 0.3 is 6.18 Å². The normalized spacial score (nSPS) is 18.8. The summed E-state index contributed by atoms with van der Waals surface area (Å²) in [6, 6.07) is 2.49. The Morgan fingerprint density at radius 3 is 2.37 bits per heavy atom. The molecule has 1 saturated carbocycles. The van der Waals surface area contributed by atoms with E-state index in [1.165, 1.54) is 23.8 Å². The van der Waals surface area contributed by atoms with Crippen molar-refractivity contribution in [2.24, 2.45) is 5.92 Å². The molecule has 7 nitrogen and oxygen atoms in total. The predicted octanol–water partition coefficient (Wildman–Crippen LogP) is 6.37. The molecule has 12 heteroatoms. The summed E-state index contributed by atoms with van der Waals surface area (Å²) in [5.74, 6) is 0.212. The number of alkyl halides is 3. The Kier molecular flexibility index (Phi) is 9.87. The van der Waals surface area contributed by atoms with E-state index in [-0.39, 0.29) is 16.8 Å². The van der Waals surface area contributed by atoms with Crippen LogP contribution in [0, 0.1) is 5.92 Å². The summed E-state index contributed by atoms with van der Waals surface area (Å²) in [5.41, 5.74) is 1.20. The summed E-state index contributed by atoms with van der Waals surface area (Å²) in [6.45, 7) is 7.44. The smallest absolute Gasteiger partial charge is 0.381 e. The van der Waals surface area contributed by atoms with Crippen LogP contribution in [0.25, 0.3) is 10.4 Å². The van der Waals surface area contributed by atoms with Gasteiger partial charge in [0.25, 0.3) is 5.91 Å². The second-order valence-corrected chi connectivity index (χ2v) is 14.9. The van der Waals surface area contributed by atoms with Crippen molar-refractivity contribution in [3.8, 4) is 10.4 Å². The minimum absolute atomic E-state index is 0.0222. The first kappa shape index (κ1) is 31.9. The van der Waals surface area contributed by atoms with Crippen molar-refractivity contribution in [3.05, 3.63) is 34.5 Å². The number of nitrogens with zero attached hydrogens (tertiary/aromatic N) is 1. The number of rotatable bonds is 8. The third-order valence-corrected chi connectivity index (χ3v) is 10.6. The molecule has 1 amide bonds. The lowest BCUT2D eigenvalue weighted by Crippen LogP contribution is -2.43. The largest absolute Gasteiger partial charge is 0.404 e. The van der Waals surface area contributed by atoms with Crippen LogP contribution in [0.15, 0.2) is 23.1 Å². The van der Waals surface area contributed by atoms with E-state index in [2.05, 4.69) is 5.32 Å². The molecular formula is C29H40F3N3O4S2. The Bertz CT molecular complexity index is 1320. The van der Waals surface area contributed by atoms with Crippen LogP contribution in [0.5, 0.6) is 0 Å². The Hall–Kier alpha value is -2.02. The molecule has 1 atom stereocenters. The average molecular weight is 616 g/mol. The zero-order chi connectivity index (χ0) is 30.0. The molecule has 2 aliphatic rings. The third kappa shape index (κ3) is 8.09. The van der Waals surface area contributed by atoms with Gasteiger partial charge in [0.2, 0.25) is 10.0 Å². The molecule has 1 aromatic carbocycles. The lowest BCUT2D eigenvalue weighted by Gasteiger charge is -2.25. The highest BCUT2D eigenvalue weighted by atomic mass is 32.2. The fraction of sp³-hybridized carbons (Fsp3) is 0.655. The molecule has 1 aliphatic heterocycles. The van der Waals surface area contributed by atoms with Gasteiger partial charge in [-0.05, 0) is 60.8 Å². The maximum Gasteiger partial charge on any atom is 0.404 e. The Balaban J connectivity index is 1.73. The highest BCUT2D eigenvalue weighted by Gasteiger charge is 2.40. The predicted molar refractivity (Wildman–Crippen MR) is 154 cm³/mol. The van der Waals surface area contributed by atoms with Crippen molar-refractivity contribution in [1.82, 2.24) is 15.0 Å². The number of sulfonamides is 1. The molecular weight excluding hydrogens is 575 g/mol. The van der Waals surface area contributed by atoms with Gasteiger partial charge in [0.1, 0.15) is 6.04 Å². The van der Waals surface area contributed by atoms with Crippen molar-refractivity contribution >= 4 is 27.3 Å². The van der Waals surface area contributed by atoms with Crippen LogP contribution in [0.2, 0.25) is 0 Å². The zero-order valence-electron chi connectivity index (χ0n) is 24.1. The van der Waals surface area contributed by atoms with Crippen molar-refractivity contribution in [2.45, 2.75) is 108 Å². The van der Waals surface area contributed by atoms with Crippen LogP contribution >= 0.6 is 11.3 Å². The number of carbonyl (C=O) groups excluding carboxylic acids is 1. The highest BCUT2D eigenvalue weighted by Crippen LogP contribution is 2.39. The summed E-state index contributed by atoms with van der Waals surface area (Å²) in [6.07, 6.45) is 3.19. The van der Waals surface area contributed by atoms with Crippen molar-refractivity contribution in [3.63, 3.8) is 0 Å². The van der Waals surface area contributed by atoms with Crippen LogP contribution in [-0.4, -0.2) is 50.8 Å². The third-order valence-electron chi connectivity index (χ3n) is 7.82. The first-order chi connectivity index (χ1) is 19.1. The van der Waals surface area contributed by atoms with Gasteiger partial charge in [-0.3, -0.25) is 4.79 Å². The minimum Gasteiger partial charge on any atom is -0.381 e. The van der Waals surface area contributed by atoms with Gasteiger partial charge in [-0.1, -0.05) is 58.9 Å². The fourth-order valence-electron chi connectivity index (χ4n) is 5.42. The summed E-state index contributed by atoms with van der Waals surface area (Å²) >= 11 is 1.28. The topological polar surface area (TPSA) is 97.4 Å². The number of carbonyl (C=O) groups is 1. The van der Waals surface area contributed by atoms with E-state index in [9.17, 15) is 26.4 Å². The van der Waals surface area contributed by atoms with E-state index < -0.39 is 27.7 Å². The minimum atomic E-state index is -4.72. The second kappa shape index (κ2) is 12.7. The molecule has 1 aliphatic carbocycles. The summed E-state index contributed by atoms with van der Waals surface area (Å²) in [7, 11) is -4.47. The number of ether oxygens (including phenoxy) is 1. The van der Waals surface area contributed by atoms with Gasteiger partial charge in [-0.25, -0.2) is 13.4 Å². The number of benzene rings is 1. The first-order valence-electron chi connectivity index (χ1n) is 14.3. The Morgan fingerprint density at radius 1 is 1.10 bits per heavy atom. The molecule has 1 unspecified atom stereocenters. The molecule has 2 heterocycles. The zero-order valence-corrected chi connectivity index (χ0v) is 25.7.